The molecule has 0 aliphatic heterocycles. The molecule has 0 aromatic carbocycles. The molecule has 1 aromatic rings. The van der Waals surface area contributed by atoms with Crippen molar-refractivity contribution in [2.45, 2.75) is 13.0 Å². The Hall–Kier alpha value is -1.40. The Morgan fingerprint density at radius 3 is 3.07 bits per heavy atom. The number of nitrogens with zero attached hydrogens (tertiary/aromatic N) is 1. The molecule has 0 saturated heterocycles. The van der Waals surface area contributed by atoms with E-state index in [2.05, 4.69) is 20.3 Å². The van der Waals surface area contributed by atoms with Gasteiger partial charge in [0, 0.05) is 25.7 Å². The Morgan fingerprint density at radius 2 is 2.47 bits per heavy atom. The molecule has 1 aromatic heterocycles. The Morgan fingerprint density at radius 1 is 1.67 bits per heavy atom. The smallest absolute Gasteiger partial charge is 0.273 e. The van der Waals surface area contributed by atoms with Gasteiger partial charge in [0.15, 0.2) is 5.69 Å². The number of carbonyl (C=O) groups excluding carboxylic acids is 1. The monoisotopic (exact) mass is 213 g/mol. The summed E-state index contributed by atoms with van der Waals surface area (Å²) in [4.78, 5) is 11.3. The van der Waals surface area contributed by atoms with Crippen LogP contribution in [0.15, 0.2) is 16.9 Å². The minimum absolute atomic E-state index is 0.261. The Balaban J connectivity index is 2.08. The molecular formula is C9H15N3O3. The van der Waals surface area contributed by atoms with Gasteiger partial charge in [0.1, 0.15) is 6.26 Å². The summed E-state index contributed by atoms with van der Waals surface area (Å²) in [5, 5.41) is 18.1. The highest BCUT2D eigenvalue weighted by atomic mass is 16.5. The topological polar surface area (TPSA) is 87.4 Å². The van der Waals surface area contributed by atoms with E-state index >= 15 is 0 Å². The average Bonchev–Trinajstić information content (AvgIpc) is 2.69. The zero-order chi connectivity index (χ0) is 11.1. The molecule has 84 valence electrons. The highest BCUT2D eigenvalue weighted by molar-refractivity contribution is 5.91. The van der Waals surface area contributed by atoms with Crippen molar-refractivity contribution in [1.82, 2.24) is 15.8 Å². The highest BCUT2D eigenvalue weighted by Crippen LogP contribution is 1.92. The van der Waals surface area contributed by atoms with Crippen molar-refractivity contribution in [2.24, 2.45) is 0 Å². The summed E-state index contributed by atoms with van der Waals surface area (Å²) in [6.07, 6.45) is 0.969. The van der Waals surface area contributed by atoms with Gasteiger partial charge in [-0.3, -0.25) is 4.79 Å². The number of hydrogen-bond donors (Lipinski definition) is 3. The first-order valence-corrected chi connectivity index (χ1v) is 4.77. The molecule has 1 rings (SSSR count). The van der Waals surface area contributed by atoms with Crippen LogP contribution in [-0.2, 0) is 0 Å². The van der Waals surface area contributed by atoms with E-state index in [0.29, 0.717) is 19.6 Å². The molecule has 1 amide bonds. The van der Waals surface area contributed by atoms with Crippen molar-refractivity contribution in [3.8, 4) is 0 Å². The molecule has 3 N–H and O–H groups in total. The van der Waals surface area contributed by atoms with E-state index in [4.69, 9.17) is 5.11 Å². The third-order valence-electron chi connectivity index (χ3n) is 1.70. The predicted octanol–water partition coefficient (Wildman–Crippen LogP) is -0.625. The molecule has 6 nitrogen and oxygen atoms in total. The Bertz CT molecular complexity index is 285. The van der Waals surface area contributed by atoms with Gasteiger partial charge in [0.25, 0.3) is 5.91 Å². The molecule has 1 heterocycles. The first kappa shape index (κ1) is 11.7. The van der Waals surface area contributed by atoms with Gasteiger partial charge in [-0.15, -0.1) is 0 Å². The van der Waals surface area contributed by atoms with Crippen LogP contribution in [0.1, 0.15) is 17.4 Å². The molecule has 0 aliphatic rings. The summed E-state index contributed by atoms with van der Waals surface area (Å²) in [6, 6.07) is 1.50. The summed E-state index contributed by atoms with van der Waals surface area (Å²) in [5.41, 5.74) is 0.269. The molecule has 0 aliphatic carbocycles. The molecule has 15 heavy (non-hydrogen) atoms. The van der Waals surface area contributed by atoms with Crippen molar-refractivity contribution in [3.05, 3.63) is 18.0 Å². The fraction of sp³-hybridized carbons (Fsp3) is 0.556. The van der Waals surface area contributed by atoms with Crippen LogP contribution >= 0.6 is 0 Å². The number of amides is 1. The van der Waals surface area contributed by atoms with Crippen LogP contribution in [0.4, 0.5) is 0 Å². The van der Waals surface area contributed by atoms with Crippen LogP contribution in [0.5, 0.6) is 0 Å². The van der Waals surface area contributed by atoms with Crippen molar-refractivity contribution in [2.75, 3.05) is 19.6 Å². The van der Waals surface area contributed by atoms with E-state index in [-0.39, 0.29) is 17.7 Å². The van der Waals surface area contributed by atoms with Gasteiger partial charge in [-0.1, -0.05) is 5.16 Å². The normalized spacial score (nSPS) is 12.4. The lowest BCUT2D eigenvalue weighted by molar-refractivity contribution is 0.0944. The van der Waals surface area contributed by atoms with E-state index in [1.165, 1.54) is 12.3 Å². The number of hydrogen-bond acceptors (Lipinski definition) is 5. The lowest BCUT2D eigenvalue weighted by Gasteiger charge is -2.06. The molecule has 0 bridgehead atoms. The van der Waals surface area contributed by atoms with Crippen LogP contribution in [0.2, 0.25) is 0 Å². The van der Waals surface area contributed by atoms with Crippen LogP contribution in [0.3, 0.4) is 0 Å². The number of nitrogens with one attached hydrogen (secondary N) is 2. The van der Waals surface area contributed by atoms with Crippen molar-refractivity contribution in [1.29, 1.82) is 0 Å². The van der Waals surface area contributed by atoms with Crippen molar-refractivity contribution >= 4 is 5.91 Å². The van der Waals surface area contributed by atoms with Gasteiger partial charge in [0.2, 0.25) is 0 Å². The highest BCUT2D eigenvalue weighted by Gasteiger charge is 2.06. The molecule has 6 heteroatoms. The minimum Gasteiger partial charge on any atom is -0.392 e. The summed E-state index contributed by atoms with van der Waals surface area (Å²) in [7, 11) is 0. The first-order chi connectivity index (χ1) is 7.20. The van der Waals surface area contributed by atoms with E-state index in [1.54, 1.807) is 6.92 Å². The van der Waals surface area contributed by atoms with E-state index in [9.17, 15) is 4.79 Å². The maximum atomic E-state index is 11.3. The first-order valence-electron chi connectivity index (χ1n) is 4.77. The molecule has 1 atom stereocenters. The standard InChI is InChI=1S/C9H15N3O3/c1-7(13)6-10-3-4-11-9(14)8-2-5-15-12-8/h2,5,7,10,13H,3-4,6H2,1H3,(H,11,14). The van der Waals surface area contributed by atoms with Gasteiger partial charge < -0.3 is 20.3 Å². The lowest BCUT2D eigenvalue weighted by atomic mass is 10.4. The minimum atomic E-state index is -0.378. The molecule has 1 unspecified atom stereocenters. The largest absolute Gasteiger partial charge is 0.392 e. The van der Waals surface area contributed by atoms with Crippen LogP contribution in [-0.4, -0.2) is 41.9 Å². The Labute approximate surface area is 87.6 Å². The van der Waals surface area contributed by atoms with Crippen molar-refractivity contribution in [3.63, 3.8) is 0 Å². The van der Waals surface area contributed by atoms with Gasteiger partial charge in [0.05, 0.1) is 6.10 Å². The number of carbonyl (C=O) groups is 1. The molecular weight excluding hydrogens is 198 g/mol. The van der Waals surface area contributed by atoms with Gasteiger partial charge in [-0.05, 0) is 6.92 Å². The van der Waals surface area contributed by atoms with Crippen LogP contribution < -0.4 is 10.6 Å². The quantitative estimate of drug-likeness (QED) is 0.548. The maximum absolute atomic E-state index is 11.3. The summed E-state index contributed by atoms with van der Waals surface area (Å²) in [5.74, 6) is -0.261. The van der Waals surface area contributed by atoms with Gasteiger partial charge in [-0.25, -0.2) is 0 Å². The van der Waals surface area contributed by atoms with Crippen LogP contribution in [0, 0.1) is 0 Å². The lowest BCUT2D eigenvalue weighted by Crippen LogP contribution is -2.34. The van der Waals surface area contributed by atoms with E-state index in [1.807, 2.05) is 0 Å². The SMILES string of the molecule is CC(O)CNCCNC(=O)c1ccon1. The number of aliphatic hydroxyl groups excluding tert-OH is 1. The summed E-state index contributed by atoms with van der Waals surface area (Å²) >= 11 is 0. The molecule has 0 fully saturated rings. The number of aliphatic hydroxyl groups is 1. The number of aromatic nitrogens is 1. The molecule has 0 saturated carbocycles. The summed E-state index contributed by atoms with van der Waals surface area (Å²) < 4.78 is 4.54. The predicted molar refractivity (Wildman–Crippen MR) is 53.4 cm³/mol. The fourth-order valence-corrected chi connectivity index (χ4v) is 0.996. The van der Waals surface area contributed by atoms with E-state index < -0.39 is 0 Å². The zero-order valence-corrected chi connectivity index (χ0v) is 8.56. The second-order valence-corrected chi connectivity index (χ2v) is 3.19. The van der Waals surface area contributed by atoms with Crippen LogP contribution in [0.25, 0.3) is 0 Å². The van der Waals surface area contributed by atoms with E-state index in [0.717, 1.165) is 0 Å². The summed E-state index contributed by atoms with van der Waals surface area (Å²) in [6.45, 7) is 3.30. The second kappa shape index (κ2) is 6.15. The molecule has 0 spiro atoms. The third-order valence-corrected chi connectivity index (χ3v) is 1.70. The zero-order valence-electron chi connectivity index (χ0n) is 8.56. The fourth-order valence-electron chi connectivity index (χ4n) is 0.996. The van der Waals surface area contributed by atoms with Gasteiger partial charge in [-0.2, -0.15) is 0 Å². The third kappa shape index (κ3) is 4.57. The average molecular weight is 213 g/mol. The Kier molecular flexibility index (Phi) is 4.79. The number of rotatable bonds is 6. The molecule has 0 radical (unpaired) electrons. The maximum Gasteiger partial charge on any atom is 0.273 e. The van der Waals surface area contributed by atoms with Gasteiger partial charge >= 0.3 is 0 Å². The van der Waals surface area contributed by atoms with Crippen molar-refractivity contribution < 1.29 is 14.4 Å². The second-order valence-electron chi connectivity index (χ2n) is 3.19.